The Kier molecular flexibility index (Phi) is 6.03. The Balaban J connectivity index is 1.82. The predicted molar refractivity (Wildman–Crippen MR) is 88.8 cm³/mol. The molecule has 6 heteroatoms. The van der Waals surface area contributed by atoms with Crippen LogP contribution in [0.3, 0.4) is 0 Å². The van der Waals surface area contributed by atoms with Gasteiger partial charge in [-0.05, 0) is 38.2 Å². The molecule has 0 bridgehead atoms. The summed E-state index contributed by atoms with van der Waals surface area (Å²) in [4.78, 5) is 24.6. The summed E-state index contributed by atoms with van der Waals surface area (Å²) in [6, 6.07) is 3.96. The van der Waals surface area contributed by atoms with Gasteiger partial charge in [-0.2, -0.15) is 0 Å². The van der Waals surface area contributed by atoms with Crippen LogP contribution < -0.4 is 0 Å². The third kappa shape index (κ3) is 5.20. The maximum atomic E-state index is 12.2. The lowest BCUT2D eigenvalue weighted by Gasteiger charge is -2.16. The van der Waals surface area contributed by atoms with Crippen molar-refractivity contribution in [1.29, 1.82) is 0 Å². The maximum Gasteiger partial charge on any atom is 0.228 e. The van der Waals surface area contributed by atoms with E-state index in [1.54, 1.807) is 28.6 Å². The summed E-state index contributed by atoms with van der Waals surface area (Å²) in [7, 11) is 5.87. The lowest BCUT2D eigenvalue weighted by Crippen LogP contribution is -2.30. The SMILES string of the molecule is CN(C)Cc1nc(CC(=O)N(C)CCc2ccncc2)cs1. The smallest absolute Gasteiger partial charge is 0.228 e. The molecule has 0 aliphatic heterocycles. The van der Waals surface area contributed by atoms with Crippen molar-refractivity contribution in [2.75, 3.05) is 27.7 Å². The van der Waals surface area contributed by atoms with Crippen molar-refractivity contribution in [3.63, 3.8) is 0 Å². The highest BCUT2D eigenvalue weighted by atomic mass is 32.1. The quantitative estimate of drug-likeness (QED) is 0.782. The second-order valence-electron chi connectivity index (χ2n) is 5.57. The fraction of sp³-hybridized carbons (Fsp3) is 0.438. The van der Waals surface area contributed by atoms with Crippen molar-refractivity contribution < 1.29 is 4.79 Å². The number of nitrogens with zero attached hydrogens (tertiary/aromatic N) is 4. The second-order valence-corrected chi connectivity index (χ2v) is 6.51. The van der Waals surface area contributed by atoms with E-state index in [-0.39, 0.29) is 5.91 Å². The molecule has 5 nitrogen and oxygen atoms in total. The van der Waals surface area contributed by atoms with E-state index in [4.69, 9.17) is 0 Å². The van der Waals surface area contributed by atoms with E-state index in [9.17, 15) is 4.79 Å². The zero-order chi connectivity index (χ0) is 15.9. The molecule has 1 amide bonds. The van der Waals surface area contributed by atoms with Gasteiger partial charge >= 0.3 is 0 Å². The predicted octanol–water partition coefficient (Wildman–Crippen LogP) is 1.84. The van der Waals surface area contributed by atoms with Crippen LogP contribution in [0.4, 0.5) is 0 Å². The molecule has 2 aromatic heterocycles. The Morgan fingerprint density at radius 2 is 1.95 bits per heavy atom. The standard InChI is InChI=1S/C16H22N4OS/c1-19(2)11-15-18-14(12-22-15)10-16(21)20(3)9-6-13-4-7-17-8-5-13/h4-5,7-8,12H,6,9-11H2,1-3H3. The summed E-state index contributed by atoms with van der Waals surface area (Å²) >= 11 is 1.61. The third-order valence-electron chi connectivity index (χ3n) is 3.29. The van der Waals surface area contributed by atoms with E-state index in [2.05, 4.69) is 14.9 Å². The summed E-state index contributed by atoms with van der Waals surface area (Å²) < 4.78 is 0. The van der Waals surface area contributed by atoms with Crippen LogP contribution in [0.1, 0.15) is 16.3 Å². The molecule has 0 aliphatic carbocycles. The molecule has 0 radical (unpaired) electrons. The minimum absolute atomic E-state index is 0.107. The fourth-order valence-electron chi connectivity index (χ4n) is 2.03. The normalized spacial score (nSPS) is 10.9. The molecule has 0 unspecified atom stereocenters. The van der Waals surface area contributed by atoms with Crippen LogP contribution >= 0.6 is 11.3 Å². The number of rotatable bonds is 7. The van der Waals surface area contributed by atoms with Crippen molar-refractivity contribution in [3.8, 4) is 0 Å². The zero-order valence-corrected chi connectivity index (χ0v) is 14.1. The summed E-state index contributed by atoms with van der Waals surface area (Å²) in [5.41, 5.74) is 2.05. The van der Waals surface area contributed by atoms with Crippen LogP contribution in [0.2, 0.25) is 0 Å². The highest BCUT2D eigenvalue weighted by molar-refractivity contribution is 7.09. The fourth-order valence-corrected chi connectivity index (χ4v) is 2.94. The molecular weight excluding hydrogens is 296 g/mol. The van der Waals surface area contributed by atoms with Gasteiger partial charge in [-0.1, -0.05) is 0 Å². The molecule has 118 valence electrons. The van der Waals surface area contributed by atoms with E-state index >= 15 is 0 Å². The number of hydrogen-bond acceptors (Lipinski definition) is 5. The summed E-state index contributed by atoms with van der Waals surface area (Å²) in [5.74, 6) is 0.107. The van der Waals surface area contributed by atoms with Gasteiger partial charge in [0, 0.05) is 37.9 Å². The zero-order valence-electron chi connectivity index (χ0n) is 13.3. The molecule has 2 rings (SSSR count). The number of thiazole rings is 1. The first kappa shape index (κ1) is 16.6. The van der Waals surface area contributed by atoms with Crippen molar-refractivity contribution in [3.05, 3.63) is 46.2 Å². The molecule has 2 heterocycles. The molecule has 0 aliphatic rings. The van der Waals surface area contributed by atoms with Crippen LogP contribution in [-0.4, -0.2) is 53.4 Å². The second kappa shape index (κ2) is 8.00. The van der Waals surface area contributed by atoms with Gasteiger partial charge in [-0.25, -0.2) is 4.98 Å². The molecule has 0 saturated carbocycles. The number of carbonyl (C=O) groups excluding carboxylic acids is 1. The number of likely N-dealkylation sites (N-methyl/N-ethyl adjacent to an activating group) is 1. The first-order valence-electron chi connectivity index (χ1n) is 7.25. The Bertz CT molecular complexity index is 597. The average Bonchev–Trinajstić information content (AvgIpc) is 2.92. The third-order valence-corrected chi connectivity index (χ3v) is 4.18. The summed E-state index contributed by atoms with van der Waals surface area (Å²) in [6.45, 7) is 1.52. The van der Waals surface area contributed by atoms with Crippen LogP contribution in [0.15, 0.2) is 29.9 Å². The van der Waals surface area contributed by atoms with Gasteiger partial charge in [0.25, 0.3) is 0 Å². The van der Waals surface area contributed by atoms with Gasteiger partial charge in [0.15, 0.2) is 0 Å². The molecule has 0 fully saturated rings. The summed E-state index contributed by atoms with van der Waals surface area (Å²) in [5, 5.41) is 3.03. The van der Waals surface area contributed by atoms with Crippen LogP contribution in [0.5, 0.6) is 0 Å². The van der Waals surface area contributed by atoms with E-state index in [1.165, 1.54) is 5.56 Å². The van der Waals surface area contributed by atoms with E-state index < -0.39 is 0 Å². The van der Waals surface area contributed by atoms with Gasteiger partial charge in [0.1, 0.15) is 5.01 Å². The van der Waals surface area contributed by atoms with Crippen molar-refractivity contribution in [2.45, 2.75) is 19.4 Å². The molecule has 0 atom stereocenters. The van der Waals surface area contributed by atoms with E-state index in [0.29, 0.717) is 13.0 Å². The highest BCUT2D eigenvalue weighted by Crippen LogP contribution is 2.12. The average molecular weight is 318 g/mol. The molecule has 0 N–H and O–H groups in total. The lowest BCUT2D eigenvalue weighted by molar-refractivity contribution is -0.129. The Morgan fingerprint density at radius 1 is 1.23 bits per heavy atom. The van der Waals surface area contributed by atoms with Crippen LogP contribution in [-0.2, 0) is 24.2 Å². The van der Waals surface area contributed by atoms with Gasteiger partial charge < -0.3 is 9.80 Å². The van der Waals surface area contributed by atoms with E-state index in [1.807, 2.05) is 38.7 Å². The van der Waals surface area contributed by atoms with Gasteiger partial charge in [-0.15, -0.1) is 11.3 Å². The molecule has 0 saturated heterocycles. The Hall–Kier alpha value is -1.79. The van der Waals surface area contributed by atoms with Crippen molar-refractivity contribution in [1.82, 2.24) is 19.8 Å². The van der Waals surface area contributed by atoms with Crippen LogP contribution in [0.25, 0.3) is 0 Å². The minimum Gasteiger partial charge on any atom is -0.345 e. The number of aromatic nitrogens is 2. The Labute approximate surface area is 135 Å². The molecule has 0 spiro atoms. The maximum absolute atomic E-state index is 12.2. The first-order chi connectivity index (χ1) is 10.5. The number of hydrogen-bond donors (Lipinski definition) is 0. The van der Waals surface area contributed by atoms with Gasteiger partial charge in [0.05, 0.1) is 12.1 Å². The number of pyridine rings is 1. The molecule has 0 aromatic carbocycles. The topological polar surface area (TPSA) is 49.3 Å². The number of amides is 1. The lowest BCUT2D eigenvalue weighted by atomic mass is 10.2. The summed E-state index contributed by atoms with van der Waals surface area (Å²) in [6.07, 6.45) is 4.77. The minimum atomic E-state index is 0.107. The molecule has 2 aromatic rings. The highest BCUT2D eigenvalue weighted by Gasteiger charge is 2.12. The van der Waals surface area contributed by atoms with Crippen molar-refractivity contribution >= 4 is 17.2 Å². The van der Waals surface area contributed by atoms with Gasteiger partial charge in [-0.3, -0.25) is 9.78 Å². The number of carbonyl (C=O) groups is 1. The van der Waals surface area contributed by atoms with Gasteiger partial charge in [0.2, 0.25) is 5.91 Å². The molecule has 22 heavy (non-hydrogen) atoms. The molecular formula is C16H22N4OS. The first-order valence-corrected chi connectivity index (χ1v) is 8.13. The Morgan fingerprint density at radius 3 is 2.64 bits per heavy atom. The van der Waals surface area contributed by atoms with Crippen molar-refractivity contribution in [2.24, 2.45) is 0 Å². The van der Waals surface area contributed by atoms with E-state index in [0.717, 1.165) is 23.7 Å². The monoisotopic (exact) mass is 318 g/mol. The largest absolute Gasteiger partial charge is 0.345 e. The van der Waals surface area contributed by atoms with Crippen LogP contribution in [0, 0.1) is 0 Å².